The predicted octanol–water partition coefficient (Wildman–Crippen LogP) is 2.36. The van der Waals surface area contributed by atoms with Crippen molar-refractivity contribution >= 4 is 17.5 Å². The molecule has 1 heterocycles. The molecule has 0 spiro atoms. The fourth-order valence-electron chi connectivity index (χ4n) is 2.00. The number of halogens is 1. The van der Waals surface area contributed by atoms with E-state index < -0.39 is 6.10 Å². The highest BCUT2D eigenvalue weighted by atomic mass is 35.5. The molecule has 1 aromatic carbocycles. The topological polar surface area (TPSA) is 38.8 Å². The van der Waals surface area contributed by atoms with Gasteiger partial charge in [-0.05, 0) is 24.6 Å². The molecule has 1 fully saturated rings. The molecular weight excluding hydrogens is 266 g/mol. The van der Waals surface area contributed by atoms with E-state index in [2.05, 4.69) is 0 Å². The number of amides is 1. The first-order valence-corrected chi connectivity index (χ1v) is 6.87. The second-order valence-electron chi connectivity index (χ2n) is 4.41. The Morgan fingerprint density at radius 1 is 1.47 bits per heavy atom. The lowest BCUT2D eigenvalue weighted by Crippen LogP contribution is -2.47. The Hall–Kier alpha value is -1.26. The summed E-state index contributed by atoms with van der Waals surface area (Å²) in [5, 5.41) is 0.603. The number of carbonyl (C=O) groups is 1. The van der Waals surface area contributed by atoms with Gasteiger partial charge in [-0.2, -0.15) is 0 Å². The first-order valence-electron chi connectivity index (χ1n) is 6.49. The zero-order valence-electron chi connectivity index (χ0n) is 11.0. The molecule has 0 N–H and O–H groups in total. The van der Waals surface area contributed by atoms with Crippen molar-refractivity contribution in [2.45, 2.75) is 19.4 Å². The molecule has 19 heavy (non-hydrogen) atoms. The fourth-order valence-corrected chi connectivity index (χ4v) is 2.18. The van der Waals surface area contributed by atoms with E-state index in [1.807, 2.05) is 13.0 Å². The van der Waals surface area contributed by atoms with E-state index in [1.165, 1.54) is 0 Å². The highest BCUT2D eigenvalue weighted by molar-refractivity contribution is 6.30. The van der Waals surface area contributed by atoms with Gasteiger partial charge in [-0.25, -0.2) is 0 Å². The monoisotopic (exact) mass is 283 g/mol. The second kappa shape index (κ2) is 6.78. The Balaban J connectivity index is 2.00. The molecule has 1 saturated heterocycles. The SMILES string of the molecule is CC[C@@H](Oc1cccc(Cl)c1)C(=O)N1CCOCC1. The van der Waals surface area contributed by atoms with E-state index in [4.69, 9.17) is 21.1 Å². The van der Waals surface area contributed by atoms with E-state index in [-0.39, 0.29) is 5.91 Å². The van der Waals surface area contributed by atoms with Gasteiger partial charge < -0.3 is 14.4 Å². The number of nitrogens with zero attached hydrogens (tertiary/aromatic N) is 1. The molecule has 1 amide bonds. The summed E-state index contributed by atoms with van der Waals surface area (Å²) >= 11 is 5.91. The molecule has 0 unspecified atom stereocenters. The normalized spacial score (nSPS) is 17.1. The third-order valence-electron chi connectivity index (χ3n) is 3.04. The predicted molar refractivity (Wildman–Crippen MR) is 73.6 cm³/mol. The van der Waals surface area contributed by atoms with Crippen molar-refractivity contribution in [2.75, 3.05) is 26.3 Å². The zero-order chi connectivity index (χ0) is 13.7. The molecule has 5 heteroatoms. The van der Waals surface area contributed by atoms with Gasteiger partial charge in [-0.3, -0.25) is 4.79 Å². The summed E-state index contributed by atoms with van der Waals surface area (Å²) in [4.78, 5) is 14.1. The number of ether oxygens (including phenoxy) is 2. The van der Waals surface area contributed by atoms with Crippen LogP contribution >= 0.6 is 11.6 Å². The summed E-state index contributed by atoms with van der Waals surface area (Å²) in [5.41, 5.74) is 0. The van der Waals surface area contributed by atoms with E-state index in [0.717, 1.165) is 0 Å². The molecule has 0 radical (unpaired) electrons. The Kier molecular flexibility index (Phi) is 5.05. The van der Waals surface area contributed by atoms with Crippen LogP contribution in [-0.4, -0.2) is 43.2 Å². The highest BCUT2D eigenvalue weighted by Gasteiger charge is 2.26. The third kappa shape index (κ3) is 3.85. The van der Waals surface area contributed by atoms with Crippen molar-refractivity contribution in [2.24, 2.45) is 0 Å². The van der Waals surface area contributed by atoms with Crippen LogP contribution in [0, 0.1) is 0 Å². The van der Waals surface area contributed by atoms with Crippen molar-refractivity contribution in [3.05, 3.63) is 29.3 Å². The molecule has 1 aliphatic rings. The molecule has 104 valence electrons. The van der Waals surface area contributed by atoms with Crippen molar-refractivity contribution in [1.29, 1.82) is 0 Å². The molecule has 0 aromatic heterocycles. The summed E-state index contributed by atoms with van der Waals surface area (Å²) in [7, 11) is 0. The van der Waals surface area contributed by atoms with Gasteiger partial charge in [0.2, 0.25) is 0 Å². The van der Waals surface area contributed by atoms with Gasteiger partial charge in [0.15, 0.2) is 6.10 Å². The van der Waals surface area contributed by atoms with Gasteiger partial charge in [0, 0.05) is 18.1 Å². The molecule has 4 nitrogen and oxygen atoms in total. The van der Waals surface area contributed by atoms with Crippen molar-refractivity contribution in [1.82, 2.24) is 4.90 Å². The van der Waals surface area contributed by atoms with Crippen LogP contribution in [0.15, 0.2) is 24.3 Å². The Morgan fingerprint density at radius 2 is 2.21 bits per heavy atom. The van der Waals surface area contributed by atoms with Crippen LogP contribution in [0.4, 0.5) is 0 Å². The van der Waals surface area contributed by atoms with Gasteiger partial charge in [0.25, 0.3) is 5.91 Å². The largest absolute Gasteiger partial charge is 0.481 e. The number of hydrogen-bond donors (Lipinski definition) is 0. The minimum Gasteiger partial charge on any atom is -0.481 e. The Labute approximate surface area is 118 Å². The molecule has 1 aromatic rings. The quantitative estimate of drug-likeness (QED) is 0.851. The maximum absolute atomic E-state index is 12.3. The van der Waals surface area contributed by atoms with Crippen LogP contribution in [-0.2, 0) is 9.53 Å². The Morgan fingerprint density at radius 3 is 2.84 bits per heavy atom. The molecule has 2 rings (SSSR count). The first-order chi connectivity index (χ1) is 9.20. The number of morpholine rings is 1. The van der Waals surface area contributed by atoms with Crippen molar-refractivity contribution in [3.63, 3.8) is 0 Å². The van der Waals surface area contributed by atoms with Gasteiger partial charge in [0.05, 0.1) is 13.2 Å². The van der Waals surface area contributed by atoms with Crippen molar-refractivity contribution in [3.8, 4) is 5.75 Å². The highest BCUT2D eigenvalue weighted by Crippen LogP contribution is 2.20. The zero-order valence-corrected chi connectivity index (χ0v) is 11.7. The molecule has 0 bridgehead atoms. The average molecular weight is 284 g/mol. The van der Waals surface area contributed by atoms with E-state index in [0.29, 0.717) is 43.5 Å². The minimum absolute atomic E-state index is 0.0192. The average Bonchev–Trinajstić information content (AvgIpc) is 2.45. The van der Waals surface area contributed by atoms with Gasteiger partial charge >= 0.3 is 0 Å². The van der Waals surface area contributed by atoms with Gasteiger partial charge in [-0.15, -0.1) is 0 Å². The summed E-state index contributed by atoms with van der Waals surface area (Å²) in [6.07, 6.45) is 0.166. The van der Waals surface area contributed by atoms with Crippen LogP contribution < -0.4 is 4.74 Å². The number of rotatable bonds is 4. The van der Waals surface area contributed by atoms with E-state index in [1.54, 1.807) is 23.1 Å². The van der Waals surface area contributed by atoms with Crippen molar-refractivity contribution < 1.29 is 14.3 Å². The number of benzene rings is 1. The van der Waals surface area contributed by atoms with Crippen LogP contribution in [0.25, 0.3) is 0 Å². The second-order valence-corrected chi connectivity index (χ2v) is 4.85. The van der Waals surface area contributed by atoms with Crippen LogP contribution in [0.2, 0.25) is 5.02 Å². The van der Waals surface area contributed by atoms with Crippen LogP contribution in [0.5, 0.6) is 5.75 Å². The standard InChI is InChI=1S/C14H18ClNO3/c1-2-13(14(17)16-6-8-18-9-7-16)19-12-5-3-4-11(15)10-12/h3-5,10,13H,2,6-9H2,1H3/t13-/m1/s1. The molecule has 0 saturated carbocycles. The smallest absolute Gasteiger partial charge is 0.263 e. The fraction of sp³-hybridized carbons (Fsp3) is 0.500. The van der Waals surface area contributed by atoms with E-state index in [9.17, 15) is 4.79 Å². The molecular formula is C14H18ClNO3. The first kappa shape index (κ1) is 14.2. The summed E-state index contributed by atoms with van der Waals surface area (Å²) in [6.45, 7) is 4.40. The van der Waals surface area contributed by atoms with Gasteiger partial charge in [0.1, 0.15) is 5.75 Å². The van der Waals surface area contributed by atoms with Gasteiger partial charge in [-0.1, -0.05) is 24.6 Å². The summed E-state index contributed by atoms with van der Waals surface area (Å²) in [6, 6.07) is 7.11. The summed E-state index contributed by atoms with van der Waals surface area (Å²) < 4.78 is 11.0. The third-order valence-corrected chi connectivity index (χ3v) is 3.28. The molecule has 1 aliphatic heterocycles. The van der Waals surface area contributed by atoms with Crippen LogP contribution in [0.1, 0.15) is 13.3 Å². The maximum atomic E-state index is 12.3. The minimum atomic E-state index is -0.462. The lowest BCUT2D eigenvalue weighted by atomic mass is 10.2. The summed E-state index contributed by atoms with van der Waals surface area (Å²) in [5.74, 6) is 0.645. The lowest BCUT2D eigenvalue weighted by Gasteiger charge is -2.30. The molecule has 1 atom stereocenters. The van der Waals surface area contributed by atoms with Crippen LogP contribution in [0.3, 0.4) is 0 Å². The van der Waals surface area contributed by atoms with E-state index >= 15 is 0 Å². The lowest BCUT2D eigenvalue weighted by molar-refractivity contribution is -0.142. The number of hydrogen-bond acceptors (Lipinski definition) is 3. The maximum Gasteiger partial charge on any atom is 0.263 e. The Bertz CT molecular complexity index is 432. The number of carbonyl (C=O) groups excluding carboxylic acids is 1. The molecule has 0 aliphatic carbocycles.